The quantitative estimate of drug-likeness (QED) is 0.927. The van der Waals surface area contributed by atoms with Gasteiger partial charge < -0.3 is 15.4 Å². The third kappa shape index (κ3) is 3.44. The molecule has 0 bridgehead atoms. The van der Waals surface area contributed by atoms with Crippen molar-refractivity contribution in [3.8, 4) is 5.75 Å². The Morgan fingerprint density at radius 1 is 1.39 bits per heavy atom. The molecule has 2 amide bonds. The lowest BCUT2D eigenvalue weighted by atomic mass is 9.77. The number of nitrogens with two attached hydrogens (primary N) is 1. The van der Waals surface area contributed by atoms with Gasteiger partial charge in [-0.05, 0) is 49.4 Å². The Labute approximate surface area is 138 Å². The fraction of sp³-hybridized carbons (Fsp3) is 0.611. The van der Waals surface area contributed by atoms with E-state index in [1.807, 2.05) is 17.0 Å². The average molecular weight is 317 g/mol. The Morgan fingerprint density at radius 2 is 2.22 bits per heavy atom. The monoisotopic (exact) mass is 317 g/mol. The van der Waals surface area contributed by atoms with E-state index >= 15 is 0 Å². The van der Waals surface area contributed by atoms with E-state index in [0.29, 0.717) is 17.9 Å². The molecule has 1 aliphatic carbocycles. The lowest BCUT2D eigenvalue weighted by molar-refractivity contribution is 0.105. The van der Waals surface area contributed by atoms with Gasteiger partial charge in [0, 0.05) is 25.7 Å². The number of carbonyl (C=O) groups is 1. The molecule has 1 heterocycles. The van der Waals surface area contributed by atoms with E-state index in [1.165, 1.54) is 24.8 Å². The number of hydrogen-bond acceptors (Lipinski definition) is 3. The summed E-state index contributed by atoms with van der Waals surface area (Å²) in [4.78, 5) is 15.8. The van der Waals surface area contributed by atoms with E-state index in [9.17, 15) is 4.79 Å². The number of methoxy groups -OCH3 is 1. The van der Waals surface area contributed by atoms with Crippen LogP contribution in [0.1, 0.15) is 24.8 Å². The molecular formula is C18H27N3O2. The molecule has 2 N–H and O–H groups in total. The van der Waals surface area contributed by atoms with E-state index < -0.39 is 0 Å². The lowest BCUT2D eigenvalue weighted by Crippen LogP contribution is -2.43. The van der Waals surface area contributed by atoms with Crippen LogP contribution in [0.25, 0.3) is 0 Å². The van der Waals surface area contributed by atoms with Crippen molar-refractivity contribution < 1.29 is 9.53 Å². The number of hydrogen-bond donors (Lipinski definition) is 1. The molecule has 5 heteroatoms. The Kier molecular flexibility index (Phi) is 4.76. The number of benzene rings is 1. The summed E-state index contributed by atoms with van der Waals surface area (Å²) in [7, 11) is 3.89. The molecular weight excluding hydrogens is 290 g/mol. The number of amides is 2. The summed E-state index contributed by atoms with van der Waals surface area (Å²) in [5, 5.41) is 0. The molecule has 0 spiro atoms. The molecule has 1 unspecified atom stereocenters. The zero-order valence-electron chi connectivity index (χ0n) is 14.1. The Morgan fingerprint density at radius 3 is 2.96 bits per heavy atom. The fourth-order valence-corrected chi connectivity index (χ4v) is 4.34. The summed E-state index contributed by atoms with van der Waals surface area (Å²) in [6.45, 7) is 2.55. The standard InChI is InChI=1S/C18H27N3O2/c1-20(10-13-5-3-7-15(9-13)23-2)17-8-4-6-14-11-21(18(19)22)12-16(14)17/h3,5,7,9,14,16-17H,4,6,8,10-12H2,1-2H3,(H2,19,22)/t14-,16+,17?/m1/s1. The number of ether oxygens (including phenoxy) is 1. The van der Waals surface area contributed by atoms with Crippen LogP contribution in [0.4, 0.5) is 4.79 Å². The van der Waals surface area contributed by atoms with E-state index in [0.717, 1.165) is 25.4 Å². The van der Waals surface area contributed by atoms with Crippen LogP contribution in [-0.2, 0) is 6.54 Å². The molecule has 3 atom stereocenters. The highest BCUT2D eigenvalue weighted by molar-refractivity contribution is 5.72. The molecule has 2 aliphatic rings. The molecule has 0 aromatic heterocycles. The first-order valence-electron chi connectivity index (χ1n) is 8.46. The zero-order chi connectivity index (χ0) is 16.4. The van der Waals surface area contributed by atoms with E-state index in [-0.39, 0.29) is 6.03 Å². The van der Waals surface area contributed by atoms with Gasteiger partial charge in [0.2, 0.25) is 0 Å². The van der Waals surface area contributed by atoms with Crippen LogP contribution in [0.15, 0.2) is 24.3 Å². The Bertz CT molecular complexity index is 563. The maximum atomic E-state index is 11.5. The van der Waals surface area contributed by atoms with E-state index in [1.54, 1.807) is 7.11 Å². The highest BCUT2D eigenvalue weighted by Crippen LogP contribution is 2.38. The molecule has 1 aliphatic heterocycles. The van der Waals surface area contributed by atoms with Gasteiger partial charge in [0.1, 0.15) is 5.75 Å². The van der Waals surface area contributed by atoms with Crippen molar-refractivity contribution in [3.63, 3.8) is 0 Å². The minimum absolute atomic E-state index is 0.270. The minimum Gasteiger partial charge on any atom is -0.497 e. The summed E-state index contributed by atoms with van der Waals surface area (Å²) in [6.07, 6.45) is 3.66. The smallest absolute Gasteiger partial charge is 0.314 e. The third-order valence-electron chi connectivity index (χ3n) is 5.50. The number of nitrogens with zero attached hydrogens (tertiary/aromatic N) is 2. The molecule has 1 saturated heterocycles. The van der Waals surface area contributed by atoms with Gasteiger partial charge >= 0.3 is 6.03 Å². The van der Waals surface area contributed by atoms with Crippen LogP contribution in [0.3, 0.4) is 0 Å². The molecule has 1 aromatic rings. The van der Waals surface area contributed by atoms with Gasteiger partial charge in [-0.3, -0.25) is 4.90 Å². The van der Waals surface area contributed by atoms with Crippen molar-refractivity contribution in [1.82, 2.24) is 9.80 Å². The number of fused-ring (bicyclic) bond motifs is 1. The third-order valence-corrected chi connectivity index (χ3v) is 5.50. The highest BCUT2D eigenvalue weighted by Gasteiger charge is 2.42. The van der Waals surface area contributed by atoms with Gasteiger partial charge in [0.25, 0.3) is 0 Å². The second-order valence-corrected chi connectivity index (χ2v) is 6.93. The van der Waals surface area contributed by atoms with Crippen LogP contribution in [0, 0.1) is 11.8 Å². The fourth-order valence-electron chi connectivity index (χ4n) is 4.34. The molecule has 2 fully saturated rings. The van der Waals surface area contributed by atoms with Gasteiger partial charge in [0.15, 0.2) is 0 Å². The number of carbonyl (C=O) groups excluding carboxylic acids is 1. The first kappa shape index (κ1) is 16.1. The Hall–Kier alpha value is -1.75. The summed E-state index contributed by atoms with van der Waals surface area (Å²) in [5.74, 6) is 2.05. The zero-order valence-corrected chi connectivity index (χ0v) is 14.1. The van der Waals surface area contributed by atoms with Crippen LogP contribution < -0.4 is 10.5 Å². The van der Waals surface area contributed by atoms with Crippen molar-refractivity contribution in [2.24, 2.45) is 17.6 Å². The number of primary amides is 1. The minimum atomic E-state index is -0.270. The second kappa shape index (κ2) is 6.79. The summed E-state index contributed by atoms with van der Waals surface area (Å²) in [5.41, 5.74) is 6.75. The molecule has 0 radical (unpaired) electrons. The van der Waals surface area contributed by atoms with Crippen LogP contribution >= 0.6 is 0 Å². The normalized spacial score (nSPS) is 27.1. The Balaban J connectivity index is 1.68. The number of urea groups is 1. The highest BCUT2D eigenvalue weighted by atomic mass is 16.5. The SMILES string of the molecule is COc1cccc(CN(C)C2CCC[C@@H]3CN(C(N)=O)C[C@H]23)c1. The van der Waals surface area contributed by atoms with Gasteiger partial charge in [-0.2, -0.15) is 0 Å². The topological polar surface area (TPSA) is 58.8 Å². The lowest BCUT2D eigenvalue weighted by Gasteiger charge is -2.39. The van der Waals surface area contributed by atoms with E-state index in [2.05, 4.69) is 24.1 Å². The summed E-state index contributed by atoms with van der Waals surface area (Å²) in [6, 6.07) is 8.50. The van der Waals surface area contributed by atoms with Crippen molar-refractivity contribution >= 4 is 6.03 Å². The van der Waals surface area contributed by atoms with Crippen LogP contribution in [-0.4, -0.2) is 49.1 Å². The van der Waals surface area contributed by atoms with Crippen molar-refractivity contribution in [1.29, 1.82) is 0 Å². The summed E-state index contributed by atoms with van der Waals surface area (Å²) < 4.78 is 5.32. The maximum absolute atomic E-state index is 11.5. The predicted molar refractivity (Wildman–Crippen MR) is 90.2 cm³/mol. The van der Waals surface area contributed by atoms with Gasteiger partial charge in [0.05, 0.1) is 7.11 Å². The van der Waals surface area contributed by atoms with Crippen molar-refractivity contribution in [2.45, 2.75) is 31.8 Å². The molecule has 1 aromatic carbocycles. The van der Waals surface area contributed by atoms with Crippen LogP contribution in [0.5, 0.6) is 5.75 Å². The van der Waals surface area contributed by atoms with Crippen LogP contribution in [0.2, 0.25) is 0 Å². The van der Waals surface area contributed by atoms with Gasteiger partial charge in [-0.25, -0.2) is 4.79 Å². The van der Waals surface area contributed by atoms with E-state index in [4.69, 9.17) is 10.5 Å². The average Bonchev–Trinajstić information content (AvgIpc) is 2.99. The largest absolute Gasteiger partial charge is 0.497 e. The molecule has 126 valence electrons. The van der Waals surface area contributed by atoms with Crippen molar-refractivity contribution in [2.75, 3.05) is 27.2 Å². The first-order valence-corrected chi connectivity index (χ1v) is 8.46. The molecule has 3 rings (SSSR count). The van der Waals surface area contributed by atoms with Gasteiger partial charge in [-0.15, -0.1) is 0 Å². The predicted octanol–water partition coefficient (Wildman–Crippen LogP) is 2.31. The maximum Gasteiger partial charge on any atom is 0.314 e. The summed E-state index contributed by atoms with van der Waals surface area (Å²) >= 11 is 0. The van der Waals surface area contributed by atoms with Gasteiger partial charge in [-0.1, -0.05) is 18.6 Å². The van der Waals surface area contributed by atoms with Crippen molar-refractivity contribution in [3.05, 3.63) is 29.8 Å². The molecule has 23 heavy (non-hydrogen) atoms. The first-order chi connectivity index (χ1) is 11.1. The molecule has 5 nitrogen and oxygen atoms in total. The second-order valence-electron chi connectivity index (χ2n) is 6.93. The number of rotatable bonds is 4. The number of likely N-dealkylation sites (tertiary alicyclic amines) is 1. The molecule has 1 saturated carbocycles.